The van der Waals surface area contributed by atoms with Crippen LogP contribution in [-0.4, -0.2) is 48.5 Å². The van der Waals surface area contributed by atoms with Gasteiger partial charge < -0.3 is 15.8 Å². The Labute approximate surface area is 175 Å². The number of ether oxygens (including phenoxy) is 1. The lowest BCUT2D eigenvalue weighted by molar-refractivity contribution is -0.159. The van der Waals surface area contributed by atoms with Crippen LogP contribution in [0.5, 0.6) is 0 Å². The van der Waals surface area contributed by atoms with Gasteiger partial charge in [0, 0.05) is 18.7 Å². The van der Waals surface area contributed by atoms with Crippen molar-refractivity contribution in [3.05, 3.63) is 71.3 Å². The summed E-state index contributed by atoms with van der Waals surface area (Å²) in [5, 5.41) is 11.7. The number of benzene rings is 2. The zero-order valence-electron chi connectivity index (χ0n) is 16.8. The van der Waals surface area contributed by atoms with Gasteiger partial charge in [-0.15, -0.1) is 0 Å². The van der Waals surface area contributed by atoms with Crippen molar-refractivity contribution in [1.82, 2.24) is 15.8 Å². The number of carbonyl (C=O) groups is 2. The van der Waals surface area contributed by atoms with Crippen LogP contribution in [0.1, 0.15) is 23.1 Å². The Morgan fingerprint density at radius 2 is 1.87 bits per heavy atom. The first-order chi connectivity index (χ1) is 14.5. The van der Waals surface area contributed by atoms with Crippen molar-refractivity contribution in [3.63, 3.8) is 0 Å². The van der Waals surface area contributed by atoms with Crippen molar-refractivity contribution in [2.75, 3.05) is 19.7 Å². The molecule has 1 fully saturated rings. The van der Waals surface area contributed by atoms with Gasteiger partial charge in [-0.2, -0.15) is 0 Å². The van der Waals surface area contributed by atoms with Gasteiger partial charge in [0.15, 0.2) is 0 Å². The maximum atomic E-state index is 12.6. The molecule has 2 aromatic rings. The van der Waals surface area contributed by atoms with E-state index < -0.39 is 6.10 Å². The Morgan fingerprint density at radius 3 is 2.57 bits per heavy atom. The van der Waals surface area contributed by atoms with Gasteiger partial charge in [0.2, 0.25) is 5.91 Å². The van der Waals surface area contributed by atoms with E-state index in [4.69, 9.17) is 15.9 Å². The van der Waals surface area contributed by atoms with E-state index >= 15 is 0 Å². The minimum absolute atomic E-state index is 0.000442. The number of nitrogens with zero attached hydrogens (tertiary/aromatic N) is 1. The van der Waals surface area contributed by atoms with E-state index in [2.05, 4.69) is 10.7 Å². The summed E-state index contributed by atoms with van der Waals surface area (Å²) >= 11 is 0. The van der Waals surface area contributed by atoms with Crippen molar-refractivity contribution < 1.29 is 14.3 Å². The highest BCUT2D eigenvalue weighted by atomic mass is 16.5. The zero-order valence-corrected chi connectivity index (χ0v) is 16.8. The number of amides is 2. The SMILES string of the molecule is N=C(N)c1ccc(CNC(=O)C[C@@H]2OCCN(NCCc3ccccc3)C2=O)cc1. The largest absolute Gasteiger partial charge is 0.384 e. The van der Waals surface area contributed by atoms with E-state index in [0.29, 0.717) is 31.8 Å². The molecule has 0 saturated carbocycles. The lowest BCUT2D eigenvalue weighted by Gasteiger charge is -2.32. The van der Waals surface area contributed by atoms with Crippen LogP contribution < -0.4 is 16.5 Å². The van der Waals surface area contributed by atoms with Gasteiger partial charge >= 0.3 is 0 Å². The van der Waals surface area contributed by atoms with E-state index in [0.717, 1.165) is 12.0 Å². The molecule has 0 radical (unpaired) electrons. The standard InChI is InChI=1S/C22H27N5O3/c23-21(24)18-8-6-17(7-9-18)15-25-20(28)14-19-22(29)27(12-13-30-19)26-11-10-16-4-2-1-3-5-16/h1-9,19,26H,10-15H2,(H3,23,24)(H,25,28)/t19-/m0/s1. The molecule has 1 atom stereocenters. The van der Waals surface area contributed by atoms with Gasteiger partial charge in [-0.1, -0.05) is 54.6 Å². The first-order valence-corrected chi connectivity index (χ1v) is 9.93. The average molecular weight is 409 g/mol. The summed E-state index contributed by atoms with van der Waals surface area (Å²) in [7, 11) is 0. The minimum atomic E-state index is -0.789. The van der Waals surface area contributed by atoms with Crippen LogP contribution in [0.3, 0.4) is 0 Å². The second kappa shape index (κ2) is 10.5. The molecular weight excluding hydrogens is 382 g/mol. The average Bonchev–Trinajstić information content (AvgIpc) is 2.76. The fourth-order valence-corrected chi connectivity index (χ4v) is 3.17. The number of morpholine rings is 1. The van der Waals surface area contributed by atoms with Crippen LogP contribution in [0.4, 0.5) is 0 Å². The topological polar surface area (TPSA) is 121 Å². The Morgan fingerprint density at radius 1 is 1.13 bits per heavy atom. The lowest BCUT2D eigenvalue weighted by atomic mass is 10.1. The summed E-state index contributed by atoms with van der Waals surface area (Å²) < 4.78 is 5.52. The van der Waals surface area contributed by atoms with Crippen LogP contribution in [0.15, 0.2) is 54.6 Å². The van der Waals surface area contributed by atoms with Gasteiger partial charge in [0.1, 0.15) is 11.9 Å². The summed E-state index contributed by atoms with van der Waals surface area (Å²) in [5.74, 6) is -0.481. The Balaban J connectivity index is 1.43. The smallest absolute Gasteiger partial charge is 0.266 e. The Hall–Kier alpha value is -3.23. The van der Waals surface area contributed by atoms with Crippen LogP contribution in [0.2, 0.25) is 0 Å². The molecule has 1 saturated heterocycles. The molecule has 30 heavy (non-hydrogen) atoms. The molecule has 1 aliphatic rings. The first kappa shape index (κ1) is 21.5. The van der Waals surface area contributed by atoms with Crippen LogP contribution in [0.25, 0.3) is 0 Å². The quantitative estimate of drug-likeness (QED) is 0.363. The fourth-order valence-electron chi connectivity index (χ4n) is 3.17. The van der Waals surface area contributed by atoms with E-state index in [1.807, 2.05) is 30.3 Å². The van der Waals surface area contributed by atoms with Gasteiger partial charge in [-0.3, -0.25) is 20.0 Å². The van der Waals surface area contributed by atoms with Crippen LogP contribution >= 0.6 is 0 Å². The molecule has 3 rings (SSSR count). The predicted molar refractivity (Wildman–Crippen MR) is 114 cm³/mol. The van der Waals surface area contributed by atoms with Gasteiger partial charge in [0.25, 0.3) is 5.91 Å². The number of amidine groups is 1. The van der Waals surface area contributed by atoms with Crippen LogP contribution in [-0.2, 0) is 27.3 Å². The minimum Gasteiger partial charge on any atom is -0.384 e. The van der Waals surface area contributed by atoms with E-state index in [9.17, 15) is 9.59 Å². The van der Waals surface area contributed by atoms with Crippen LogP contribution in [0, 0.1) is 5.41 Å². The van der Waals surface area contributed by atoms with E-state index in [1.54, 1.807) is 29.3 Å². The maximum Gasteiger partial charge on any atom is 0.266 e. The summed E-state index contributed by atoms with van der Waals surface area (Å²) in [6.45, 7) is 1.80. The molecule has 0 spiro atoms. The monoisotopic (exact) mass is 409 g/mol. The van der Waals surface area contributed by atoms with Gasteiger partial charge in [-0.25, -0.2) is 5.43 Å². The predicted octanol–water partition coefficient (Wildman–Crippen LogP) is 0.952. The van der Waals surface area contributed by atoms with Crippen molar-refractivity contribution in [2.24, 2.45) is 5.73 Å². The summed E-state index contributed by atoms with van der Waals surface area (Å²) in [6, 6.07) is 17.1. The summed E-state index contributed by atoms with van der Waals surface area (Å²) in [4.78, 5) is 24.9. The number of nitrogen functional groups attached to an aromatic ring is 1. The highest BCUT2D eigenvalue weighted by molar-refractivity contribution is 5.94. The highest BCUT2D eigenvalue weighted by Gasteiger charge is 2.31. The summed E-state index contributed by atoms with van der Waals surface area (Å²) in [6.07, 6.45) is -0.0108. The second-order valence-electron chi connectivity index (χ2n) is 7.08. The number of hydrogen-bond acceptors (Lipinski definition) is 5. The van der Waals surface area contributed by atoms with Crippen molar-refractivity contribution in [2.45, 2.75) is 25.5 Å². The molecule has 0 aliphatic carbocycles. The molecule has 0 aromatic heterocycles. The Kier molecular flexibility index (Phi) is 7.53. The maximum absolute atomic E-state index is 12.6. The van der Waals surface area contributed by atoms with E-state index in [1.165, 1.54) is 5.56 Å². The van der Waals surface area contributed by atoms with E-state index in [-0.39, 0.29) is 24.1 Å². The molecule has 2 aromatic carbocycles. The van der Waals surface area contributed by atoms with Crippen molar-refractivity contribution in [3.8, 4) is 0 Å². The lowest BCUT2D eigenvalue weighted by Crippen LogP contribution is -2.55. The molecular formula is C22H27N5O3. The highest BCUT2D eigenvalue weighted by Crippen LogP contribution is 2.10. The molecule has 1 heterocycles. The number of rotatable bonds is 9. The number of hydrazine groups is 1. The molecule has 1 aliphatic heterocycles. The molecule has 0 unspecified atom stereocenters. The third-order valence-corrected chi connectivity index (χ3v) is 4.86. The molecule has 0 bridgehead atoms. The molecule has 158 valence electrons. The number of hydrogen-bond donors (Lipinski definition) is 4. The first-order valence-electron chi connectivity index (χ1n) is 9.93. The number of nitrogens with one attached hydrogen (secondary N) is 3. The normalized spacial score (nSPS) is 16.3. The second-order valence-corrected chi connectivity index (χ2v) is 7.08. The van der Waals surface area contributed by atoms with Gasteiger partial charge in [0.05, 0.1) is 19.6 Å². The van der Waals surface area contributed by atoms with Crippen molar-refractivity contribution in [1.29, 1.82) is 5.41 Å². The Bertz CT molecular complexity index is 870. The molecule has 5 N–H and O–H groups in total. The third kappa shape index (κ3) is 6.13. The fraction of sp³-hybridized carbons (Fsp3) is 0.318. The van der Waals surface area contributed by atoms with Crippen molar-refractivity contribution >= 4 is 17.6 Å². The summed E-state index contributed by atoms with van der Waals surface area (Å²) in [5.41, 5.74) is 11.3. The number of nitrogens with two attached hydrogens (primary N) is 1. The third-order valence-electron chi connectivity index (χ3n) is 4.86. The van der Waals surface area contributed by atoms with Gasteiger partial charge in [-0.05, 0) is 17.5 Å². The zero-order chi connectivity index (χ0) is 21.3. The number of carbonyl (C=O) groups excluding carboxylic acids is 2. The molecule has 8 nitrogen and oxygen atoms in total. The molecule has 2 amide bonds. The molecule has 8 heteroatoms.